The van der Waals surface area contributed by atoms with Gasteiger partial charge in [-0.1, -0.05) is 200 Å². The maximum absolute atomic E-state index is 6.86. The van der Waals surface area contributed by atoms with Crippen molar-refractivity contribution >= 4 is 37.9 Å². The fourth-order valence-electron chi connectivity index (χ4n) is 11.1. The van der Waals surface area contributed by atoms with E-state index in [1.807, 2.05) is 0 Å². The summed E-state index contributed by atoms with van der Waals surface area (Å²) in [4.78, 5) is 0. The van der Waals surface area contributed by atoms with Gasteiger partial charge in [-0.15, -0.1) is 0 Å². The number of fused-ring (bicyclic) bond motifs is 14. The van der Waals surface area contributed by atoms with Crippen molar-refractivity contribution in [3.63, 3.8) is 0 Å². The van der Waals surface area contributed by atoms with Gasteiger partial charge in [0.25, 0.3) is 0 Å². The first-order valence-corrected chi connectivity index (χ1v) is 21.3. The highest BCUT2D eigenvalue weighted by molar-refractivity contribution is 6.20. The normalized spacial score (nSPS) is 15.5. The summed E-state index contributed by atoms with van der Waals surface area (Å²) in [5.41, 5.74) is 15.5. The fraction of sp³-hybridized carbons (Fsp3) is 0.0333. The van der Waals surface area contributed by atoms with Gasteiger partial charge in [0.2, 0.25) is 0 Å². The van der Waals surface area contributed by atoms with Crippen LogP contribution in [0.3, 0.4) is 0 Å². The summed E-state index contributed by atoms with van der Waals surface area (Å²) in [5.74, 6) is 1.80. The Morgan fingerprint density at radius 3 is 1.66 bits per heavy atom. The Kier molecular flexibility index (Phi) is 7.35. The van der Waals surface area contributed by atoms with E-state index in [4.69, 9.17) is 4.74 Å². The summed E-state index contributed by atoms with van der Waals surface area (Å²) in [6.07, 6.45) is 5.13. The molecule has 61 heavy (non-hydrogen) atoms. The van der Waals surface area contributed by atoms with E-state index in [0.717, 1.165) is 22.6 Å². The lowest BCUT2D eigenvalue weighted by molar-refractivity contribution is 0.432. The van der Waals surface area contributed by atoms with E-state index in [1.165, 1.54) is 93.5 Å². The van der Waals surface area contributed by atoms with Crippen molar-refractivity contribution in [2.75, 3.05) is 0 Å². The predicted molar refractivity (Wildman–Crippen MR) is 253 cm³/mol. The summed E-state index contributed by atoms with van der Waals surface area (Å²) in [6, 6.07) is 78.3. The SMILES string of the molecule is C1=C(c2c3ccccc3c(-c3ccccc3)c3ccccc23)c2ccccc2C2C=C1C1(c3ccccc3Oc3ccccc31)c1cc(-c3cccc4ccccc34)ccc12. The van der Waals surface area contributed by atoms with Gasteiger partial charge in [-0.25, -0.2) is 0 Å². The number of para-hydroxylation sites is 2. The average molecular weight is 775 g/mol. The molecule has 1 nitrogen and oxygen atoms in total. The first-order chi connectivity index (χ1) is 30.3. The number of rotatable bonds is 3. The van der Waals surface area contributed by atoms with Crippen LogP contribution in [0.15, 0.2) is 230 Å². The van der Waals surface area contributed by atoms with Crippen LogP contribution in [-0.2, 0) is 5.41 Å². The van der Waals surface area contributed by atoms with E-state index in [9.17, 15) is 0 Å². The largest absolute Gasteiger partial charge is 0.457 e. The first kappa shape index (κ1) is 34.2. The van der Waals surface area contributed by atoms with Gasteiger partial charge in [0.05, 0.1) is 5.41 Å². The van der Waals surface area contributed by atoms with Crippen LogP contribution in [0.5, 0.6) is 11.5 Å². The molecule has 0 radical (unpaired) electrons. The molecule has 3 aliphatic rings. The van der Waals surface area contributed by atoms with Gasteiger partial charge in [-0.2, -0.15) is 0 Å². The molecule has 1 heteroatoms. The highest BCUT2D eigenvalue weighted by atomic mass is 16.5. The molecule has 2 bridgehead atoms. The van der Waals surface area contributed by atoms with Gasteiger partial charge in [-0.05, 0) is 118 Å². The van der Waals surface area contributed by atoms with Crippen LogP contribution in [-0.4, -0.2) is 0 Å². The minimum absolute atomic E-state index is 0.0189. The van der Waals surface area contributed by atoms with E-state index < -0.39 is 5.41 Å². The second kappa shape index (κ2) is 13.1. The number of hydrogen-bond acceptors (Lipinski definition) is 1. The lowest BCUT2D eigenvalue weighted by atomic mass is 9.58. The lowest BCUT2D eigenvalue weighted by Crippen LogP contribution is -2.38. The number of allylic oxidation sites excluding steroid dienone is 3. The van der Waals surface area contributed by atoms with Gasteiger partial charge in [-0.3, -0.25) is 0 Å². The van der Waals surface area contributed by atoms with Gasteiger partial charge in [0, 0.05) is 17.0 Å². The molecule has 1 atom stereocenters. The quantitative estimate of drug-likeness (QED) is 0.162. The topological polar surface area (TPSA) is 9.23 Å². The van der Waals surface area contributed by atoms with Crippen molar-refractivity contribution in [3.8, 4) is 33.8 Å². The third-order valence-electron chi connectivity index (χ3n) is 13.6. The Bertz CT molecular complexity index is 3400. The van der Waals surface area contributed by atoms with Crippen molar-refractivity contribution in [2.45, 2.75) is 11.3 Å². The summed E-state index contributed by atoms with van der Waals surface area (Å²) >= 11 is 0. The molecule has 0 amide bonds. The van der Waals surface area contributed by atoms with Gasteiger partial charge in [0.1, 0.15) is 11.5 Å². The minimum atomic E-state index is -0.680. The second-order valence-corrected chi connectivity index (χ2v) is 16.6. The zero-order valence-electron chi connectivity index (χ0n) is 33.3. The van der Waals surface area contributed by atoms with Crippen LogP contribution in [0.4, 0.5) is 0 Å². The molecule has 0 fully saturated rings. The van der Waals surface area contributed by atoms with Crippen LogP contribution >= 0.6 is 0 Å². The first-order valence-electron chi connectivity index (χ1n) is 21.3. The summed E-state index contributed by atoms with van der Waals surface area (Å²) in [7, 11) is 0. The van der Waals surface area contributed by atoms with Crippen LogP contribution in [0.25, 0.3) is 60.1 Å². The van der Waals surface area contributed by atoms with Crippen LogP contribution in [0.2, 0.25) is 0 Å². The Morgan fingerprint density at radius 1 is 0.377 bits per heavy atom. The van der Waals surface area contributed by atoms with Crippen molar-refractivity contribution < 1.29 is 4.74 Å². The van der Waals surface area contributed by atoms with Crippen molar-refractivity contribution in [1.29, 1.82) is 0 Å². The summed E-state index contributed by atoms with van der Waals surface area (Å²) < 4.78 is 6.86. The van der Waals surface area contributed by atoms with Crippen LogP contribution in [0.1, 0.15) is 44.9 Å². The molecule has 284 valence electrons. The average Bonchev–Trinajstić information content (AvgIpc) is 3.48. The Balaban J connectivity index is 1.18. The molecule has 1 unspecified atom stereocenters. The highest BCUT2D eigenvalue weighted by Gasteiger charge is 2.51. The van der Waals surface area contributed by atoms with E-state index in [1.54, 1.807) is 0 Å². The molecular weight excluding hydrogens is 737 g/mol. The molecule has 0 saturated carbocycles. The standard InChI is InChI=1S/C60H38O/c1-2-18-39(19-3-1)58-47-24-8-10-26-49(47)59(50-27-11-9-25-48(50)58)52-37-41-36-51(44-22-6-7-23-45(44)52)46-34-33-40(43-28-16-20-38-17-4-5-21-42(38)43)35-55(46)60(41)53-29-12-14-31-56(53)61-57-32-15-13-30-54(57)60/h1-37,51H. The maximum atomic E-state index is 6.86. The molecule has 0 saturated heterocycles. The highest BCUT2D eigenvalue weighted by Crippen LogP contribution is 2.62. The van der Waals surface area contributed by atoms with E-state index in [0.29, 0.717) is 0 Å². The van der Waals surface area contributed by atoms with Crippen molar-refractivity contribution in [1.82, 2.24) is 0 Å². The van der Waals surface area contributed by atoms with Crippen LogP contribution < -0.4 is 4.74 Å². The Labute approximate surface area is 355 Å². The van der Waals surface area contributed by atoms with E-state index >= 15 is 0 Å². The molecule has 0 aromatic heterocycles. The monoisotopic (exact) mass is 774 g/mol. The molecule has 10 aromatic rings. The minimum Gasteiger partial charge on any atom is -0.457 e. The van der Waals surface area contributed by atoms with Gasteiger partial charge >= 0.3 is 0 Å². The molecule has 2 aliphatic carbocycles. The zero-order valence-corrected chi connectivity index (χ0v) is 33.3. The summed E-state index contributed by atoms with van der Waals surface area (Å²) in [6.45, 7) is 0. The van der Waals surface area contributed by atoms with Crippen molar-refractivity contribution in [2.24, 2.45) is 0 Å². The Morgan fingerprint density at radius 2 is 0.934 bits per heavy atom. The lowest BCUT2D eigenvalue weighted by Gasteiger charge is -2.46. The zero-order chi connectivity index (χ0) is 40.1. The maximum Gasteiger partial charge on any atom is 0.132 e. The van der Waals surface area contributed by atoms with Crippen molar-refractivity contribution in [3.05, 3.63) is 269 Å². The van der Waals surface area contributed by atoms with Gasteiger partial charge in [0.15, 0.2) is 0 Å². The fourth-order valence-corrected chi connectivity index (χ4v) is 11.1. The summed E-state index contributed by atoms with van der Waals surface area (Å²) in [5, 5.41) is 7.49. The van der Waals surface area contributed by atoms with Gasteiger partial charge < -0.3 is 4.74 Å². The molecule has 13 rings (SSSR count). The van der Waals surface area contributed by atoms with Crippen LogP contribution in [0, 0.1) is 0 Å². The predicted octanol–water partition coefficient (Wildman–Crippen LogP) is 15.4. The molecular formula is C60H38O. The molecule has 1 aliphatic heterocycles. The van der Waals surface area contributed by atoms with E-state index in [2.05, 4.69) is 224 Å². The number of ether oxygens (including phenoxy) is 1. The number of benzene rings is 10. The second-order valence-electron chi connectivity index (χ2n) is 16.6. The molecule has 0 N–H and O–H groups in total. The third-order valence-corrected chi connectivity index (χ3v) is 13.6. The Hall–Kier alpha value is -7.74. The number of hydrogen-bond donors (Lipinski definition) is 0. The molecule has 10 aromatic carbocycles. The molecule has 1 spiro atoms. The third kappa shape index (κ3) is 4.83. The van der Waals surface area contributed by atoms with E-state index in [-0.39, 0.29) is 5.92 Å². The smallest absolute Gasteiger partial charge is 0.132 e. The molecule has 1 heterocycles.